The lowest BCUT2D eigenvalue weighted by Crippen LogP contribution is -2.28. The Hall–Kier alpha value is -1.89. The Morgan fingerprint density at radius 1 is 1.07 bits per heavy atom. The highest BCUT2D eigenvalue weighted by Gasteiger charge is 2.28. The van der Waals surface area contributed by atoms with Crippen LogP contribution in [0.15, 0.2) is 47.4 Å². The van der Waals surface area contributed by atoms with E-state index in [2.05, 4.69) is 36.1 Å². The third-order valence-corrected chi connectivity index (χ3v) is 7.86. The van der Waals surface area contributed by atoms with Crippen molar-refractivity contribution >= 4 is 10.0 Å². The van der Waals surface area contributed by atoms with Crippen LogP contribution in [-0.4, -0.2) is 57.0 Å². The molecule has 0 saturated carbocycles. The van der Waals surface area contributed by atoms with Gasteiger partial charge in [0.05, 0.1) is 0 Å². The first kappa shape index (κ1) is 19.4. The van der Waals surface area contributed by atoms with Crippen LogP contribution in [0, 0.1) is 0 Å². The molecule has 5 nitrogen and oxygen atoms in total. The van der Waals surface area contributed by atoms with Crippen molar-refractivity contribution in [1.82, 2.24) is 9.21 Å². The van der Waals surface area contributed by atoms with E-state index >= 15 is 0 Å². The van der Waals surface area contributed by atoms with Crippen LogP contribution in [0.4, 0.5) is 0 Å². The van der Waals surface area contributed by atoms with Crippen molar-refractivity contribution in [3.63, 3.8) is 0 Å². The maximum atomic E-state index is 12.6. The van der Waals surface area contributed by atoms with Crippen LogP contribution >= 0.6 is 0 Å². The van der Waals surface area contributed by atoms with Gasteiger partial charge >= 0.3 is 0 Å². The molecule has 0 aromatic heterocycles. The van der Waals surface area contributed by atoms with Crippen LogP contribution in [0.2, 0.25) is 0 Å². The fraction of sp³-hybridized carbons (Fsp3) is 0.455. The summed E-state index contributed by atoms with van der Waals surface area (Å²) in [5.41, 5.74) is 3.37. The molecular formula is C22H28N2O3S. The Morgan fingerprint density at radius 3 is 2.54 bits per heavy atom. The highest BCUT2D eigenvalue weighted by Crippen LogP contribution is 2.33. The number of fused-ring (bicyclic) bond motifs is 1. The Kier molecular flexibility index (Phi) is 5.45. The van der Waals surface area contributed by atoms with E-state index in [1.54, 1.807) is 13.1 Å². The van der Waals surface area contributed by atoms with Crippen LogP contribution < -0.4 is 4.74 Å². The molecule has 0 spiro atoms. The molecule has 0 N–H and O–H groups in total. The Balaban J connectivity index is 1.51. The lowest BCUT2D eigenvalue weighted by Gasteiger charge is -2.20. The van der Waals surface area contributed by atoms with Gasteiger partial charge in [0.2, 0.25) is 10.0 Å². The molecule has 2 aromatic carbocycles. The van der Waals surface area contributed by atoms with E-state index < -0.39 is 10.0 Å². The van der Waals surface area contributed by atoms with E-state index in [0.29, 0.717) is 24.9 Å². The van der Waals surface area contributed by atoms with Crippen molar-refractivity contribution in [2.75, 3.05) is 33.3 Å². The van der Waals surface area contributed by atoms with Crippen molar-refractivity contribution in [2.45, 2.75) is 37.1 Å². The predicted octanol–water partition coefficient (Wildman–Crippen LogP) is 3.39. The van der Waals surface area contributed by atoms with E-state index in [1.807, 2.05) is 12.1 Å². The zero-order chi connectivity index (χ0) is 19.7. The quantitative estimate of drug-likeness (QED) is 0.789. The van der Waals surface area contributed by atoms with Crippen molar-refractivity contribution in [3.8, 4) is 16.9 Å². The van der Waals surface area contributed by atoms with E-state index in [9.17, 15) is 8.42 Å². The topological polar surface area (TPSA) is 49.9 Å². The van der Waals surface area contributed by atoms with Crippen LogP contribution in [0.1, 0.15) is 25.3 Å². The molecule has 2 aromatic rings. The first-order chi connectivity index (χ1) is 13.4. The summed E-state index contributed by atoms with van der Waals surface area (Å²) in [6.07, 6.45) is 3.68. The fourth-order valence-electron chi connectivity index (χ4n) is 4.05. The number of hydrogen-bond acceptors (Lipinski definition) is 4. The number of benzene rings is 2. The number of rotatable bonds is 4. The van der Waals surface area contributed by atoms with Gasteiger partial charge in [-0.15, -0.1) is 0 Å². The molecular weight excluding hydrogens is 372 g/mol. The third kappa shape index (κ3) is 3.81. The summed E-state index contributed by atoms with van der Waals surface area (Å²) >= 11 is 0. The summed E-state index contributed by atoms with van der Waals surface area (Å²) in [4.78, 5) is 2.81. The standard InChI is InChI=1S/C22H28N2O3S/c1-17-4-3-12-24(17)13-11-18-5-7-19(8-6-18)20-9-10-22-21(16-20)27-15-14-23(2)28(22,25)26/h5-10,16-17H,3-4,11-15H2,1-2H3. The average Bonchev–Trinajstić information content (AvgIpc) is 3.06. The van der Waals surface area contributed by atoms with Crippen molar-refractivity contribution in [2.24, 2.45) is 0 Å². The van der Waals surface area contributed by atoms with E-state index in [-0.39, 0.29) is 4.90 Å². The minimum atomic E-state index is -3.48. The number of ether oxygens (including phenoxy) is 1. The second kappa shape index (κ2) is 7.85. The zero-order valence-corrected chi connectivity index (χ0v) is 17.4. The highest BCUT2D eigenvalue weighted by molar-refractivity contribution is 7.89. The van der Waals surface area contributed by atoms with Gasteiger partial charge in [0.25, 0.3) is 0 Å². The molecule has 2 aliphatic heterocycles. The fourth-order valence-corrected chi connectivity index (χ4v) is 5.31. The van der Waals surface area contributed by atoms with Gasteiger partial charge in [0.15, 0.2) is 0 Å². The molecule has 28 heavy (non-hydrogen) atoms. The molecule has 4 rings (SSSR count). The van der Waals surface area contributed by atoms with Gasteiger partial charge < -0.3 is 9.64 Å². The van der Waals surface area contributed by atoms with Gasteiger partial charge in [-0.25, -0.2) is 8.42 Å². The normalized spacial score (nSPS) is 22.4. The smallest absolute Gasteiger partial charge is 0.246 e. The average molecular weight is 401 g/mol. The molecule has 0 bridgehead atoms. The highest BCUT2D eigenvalue weighted by atomic mass is 32.2. The molecule has 2 heterocycles. The van der Waals surface area contributed by atoms with Gasteiger partial charge in [-0.05, 0) is 61.6 Å². The van der Waals surface area contributed by atoms with Crippen LogP contribution in [0.3, 0.4) is 0 Å². The number of likely N-dealkylation sites (N-methyl/N-ethyl adjacent to an activating group) is 1. The molecule has 1 fully saturated rings. The molecule has 1 atom stereocenters. The first-order valence-corrected chi connectivity index (χ1v) is 11.5. The minimum absolute atomic E-state index is 0.243. The number of sulfonamides is 1. The monoisotopic (exact) mass is 400 g/mol. The molecule has 0 aliphatic carbocycles. The first-order valence-electron chi connectivity index (χ1n) is 10.0. The van der Waals surface area contributed by atoms with E-state index in [0.717, 1.165) is 24.1 Å². The summed E-state index contributed by atoms with van der Waals surface area (Å²) in [7, 11) is -1.89. The van der Waals surface area contributed by atoms with Crippen molar-refractivity contribution in [1.29, 1.82) is 0 Å². The third-order valence-electron chi connectivity index (χ3n) is 5.96. The number of nitrogens with zero attached hydrogens (tertiary/aromatic N) is 2. The molecule has 6 heteroatoms. The lowest BCUT2D eigenvalue weighted by atomic mass is 10.0. The van der Waals surface area contributed by atoms with Crippen molar-refractivity contribution in [3.05, 3.63) is 48.0 Å². The number of likely N-dealkylation sites (tertiary alicyclic amines) is 1. The molecule has 1 unspecified atom stereocenters. The maximum Gasteiger partial charge on any atom is 0.246 e. The van der Waals surface area contributed by atoms with E-state index in [1.165, 1.54) is 29.3 Å². The second-order valence-electron chi connectivity index (χ2n) is 7.81. The van der Waals surface area contributed by atoms with Crippen LogP contribution in [-0.2, 0) is 16.4 Å². The second-order valence-corrected chi connectivity index (χ2v) is 9.82. The maximum absolute atomic E-state index is 12.6. The van der Waals surface area contributed by atoms with E-state index in [4.69, 9.17) is 4.74 Å². The van der Waals surface area contributed by atoms with Crippen LogP contribution in [0.25, 0.3) is 11.1 Å². The largest absolute Gasteiger partial charge is 0.491 e. The van der Waals surface area contributed by atoms with Gasteiger partial charge in [-0.2, -0.15) is 4.31 Å². The predicted molar refractivity (Wildman–Crippen MR) is 111 cm³/mol. The molecule has 0 radical (unpaired) electrons. The van der Waals surface area contributed by atoms with Gasteiger partial charge in [-0.1, -0.05) is 30.3 Å². The summed E-state index contributed by atoms with van der Waals surface area (Å²) in [6, 6.07) is 14.6. The Bertz CT molecular complexity index is 941. The molecule has 1 saturated heterocycles. The summed E-state index contributed by atoms with van der Waals surface area (Å²) in [6.45, 7) is 5.36. The summed E-state index contributed by atoms with van der Waals surface area (Å²) in [5.74, 6) is 0.439. The van der Waals surface area contributed by atoms with Gasteiger partial charge in [-0.3, -0.25) is 0 Å². The van der Waals surface area contributed by atoms with Gasteiger partial charge in [0, 0.05) is 26.2 Å². The van der Waals surface area contributed by atoms with Crippen molar-refractivity contribution < 1.29 is 13.2 Å². The summed E-state index contributed by atoms with van der Waals surface area (Å²) < 4.78 is 32.2. The van der Waals surface area contributed by atoms with Gasteiger partial charge in [0.1, 0.15) is 17.3 Å². The molecule has 2 aliphatic rings. The molecule has 0 amide bonds. The number of hydrogen-bond donors (Lipinski definition) is 0. The zero-order valence-electron chi connectivity index (χ0n) is 16.6. The van der Waals surface area contributed by atoms with Crippen LogP contribution in [0.5, 0.6) is 5.75 Å². The SMILES string of the molecule is CC1CCCN1CCc1ccc(-c2ccc3c(c2)OCCN(C)S3(=O)=O)cc1. The minimum Gasteiger partial charge on any atom is -0.491 e. The Morgan fingerprint density at radius 2 is 1.82 bits per heavy atom. The molecule has 150 valence electrons. The summed E-state index contributed by atoms with van der Waals surface area (Å²) in [5, 5.41) is 0. The Labute approximate surface area is 168 Å². The lowest BCUT2D eigenvalue weighted by molar-refractivity contribution is 0.272.